The number of halogens is 1. The fraction of sp³-hybridized carbons (Fsp3) is 0.353. The Hall–Kier alpha value is -1.95. The Balaban J connectivity index is 1.82. The predicted octanol–water partition coefficient (Wildman–Crippen LogP) is 2.83. The zero-order valence-electron chi connectivity index (χ0n) is 12.9. The highest BCUT2D eigenvalue weighted by molar-refractivity contribution is 9.10. The van der Waals surface area contributed by atoms with Gasteiger partial charge in [-0.05, 0) is 50.8 Å². The second kappa shape index (κ2) is 6.66. The van der Waals surface area contributed by atoms with Crippen molar-refractivity contribution in [2.75, 3.05) is 5.32 Å². The Bertz CT molecular complexity index is 814. The third-order valence-corrected chi connectivity index (χ3v) is 4.53. The van der Waals surface area contributed by atoms with Crippen LogP contribution in [-0.4, -0.2) is 15.5 Å². The van der Waals surface area contributed by atoms with Crippen molar-refractivity contribution >= 4 is 27.5 Å². The highest BCUT2D eigenvalue weighted by Gasteiger charge is 2.19. The summed E-state index contributed by atoms with van der Waals surface area (Å²) in [6.07, 6.45) is 3.70. The van der Waals surface area contributed by atoms with Crippen LogP contribution in [0.15, 0.2) is 33.5 Å². The molecule has 1 aliphatic rings. The summed E-state index contributed by atoms with van der Waals surface area (Å²) in [4.78, 5) is 29.4. The molecule has 0 spiro atoms. The summed E-state index contributed by atoms with van der Waals surface area (Å²) in [5.41, 5.74) is 2.30. The summed E-state index contributed by atoms with van der Waals surface area (Å²) in [7, 11) is 0. The van der Waals surface area contributed by atoms with E-state index in [-0.39, 0.29) is 18.0 Å². The maximum Gasteiger partial charge on any atom is 0.257 e. The first-order valence-corrected chi connectivity index (χ1v) is 8.48. The van der Waals surface area contributed by atoms with Gasteiger partial charge in [0.15, 0.2) is 0 Å². The van der Waals surface area contributed by atoms with Gasteiger partial charge in [-0.1, -0.05) is 22.0 Å². The van der Waals surface area contributed by atoms with E-state index >= 15 is 0 Å². The number of aryl methyl sites for hydroxylation is 2. The number of carbonyl (C=O) groups is 1. The molecule has 0 radical (unpaired) electrons. The Labute approximate surface area is 142 Å². The largest absolute Gasteiger partial charge is 0.324 e. The molecule has 1 heterocycles. The van der Waals surface area contributed by atoms with Crippen LogP contribution in [0.5, 0.6) is 0 Å². The van der Waals surface area contributed by atoms with Crippen LogP contribution in [-0.2, 0) is 24.2 Å². The van der Waals surface area contributed by atoms with E-state index in [9.17, 15) is 9.59 Å². The summed E-state index contributed by atoms with van der Waals surface area (Å²) in [6, 6.07) is 7.36. The summed E-state index contributed by atoms with van der Waals surface area (Å²) >= 11 is 3.37. The second-order valence-corrected chi connectivity index (χ2v) is 6.66. The number of nitrogens with zero attached hydrogens (tertiary/aromatic N) is 2. The topological polar surface area (TPSA) is 64.0 Å². The molecule has 0 fully saturated rings. The zero-order chi connectivity index (χ0) is 16.4. The first-order valence-electron chi connectivity index (χ1n) is 7.69. The molecule has 23 heavy (non-hydrogen) atoms. The van der Waals surface area contributed by atoms with Gasteiger partial charge < -0.3 is 5.32 Å². The summed E-state index contributed by atoms with van der Waals surface area (Å²) in [5, 5.41) is 2.81. The monoisotopic (exact) mass is 375 g/mol. The molecule has 0 saturated heterocycles. The van der Waals surface area contributed by atoms with E-state index < -0.39 is 0 Å². The normalized spacial score (nSPS) is 13.5. The lowest BCUT2D eigenvalue weighted by molar-refractivity contribution is -0.116. The molecule has 3 rings (SSSR count). The smallest absolute Gasteiger partial charge is 0.257 e. The van der Waals surface area contributed by atoms with Crippen LogP contribution >= 0.6 is 15.9 Å². The van der Waals surface area contributed by atoms with E-state index in [0.717, 1.165) is 41.4 Å². The van der Waals surface area contributed by atoms with Crippen molar-refractivity contribution in [2.45, 2.75) is 39.2 Å². The van der Waals surface area contributed by atoms with Gasteiger partial charge in [0.05, 0.1) is 5.69 Å². The lowest BCUT2D eigenvalue weighted by Crippen LogP contribution is -2.34. The maximum absolute atomic E-state index is 12.6. The van der Waals surface area contributed by atoms with E-state index in [0.29, 0.717) is 11.5 Å². The van der Waals surface area contributed by atoms with Crippen molar-refractivity contribution < 1.29 is 4.79 Å². The van der Waals surface area contributed by atoms with Gasteiger partial charge in [-0.2, -0.15) is 0 Å². The molecule has 1 aliphatic carbocycles. The van der Waals surface area contributed by atoms with E-state index in [4.69, 9.17) is 0 Å². The lowest BCUT2D eigenvalue weighted by Gasteiger charge is -2.18. The number of rotatable bonds is 3. The van der Waals surface area contributed by atoms with Crippen LogP contribution in [0.2, 0.25) is 0 Å². The van der Waals surface area contributed by atoms with Gasteiger partial charge in [0, 0.05) is 15.7 Å². The predicted molar refractivity (Wildman–Crippen MR) is 92.6 cm³/mol. The molecule has 0 saturated carbocycles. The van der Waals surface area contributed by atoms with Crippen LogP contribution in [0.25, 0.3) is 0 Å². The molecular formula is C17H18BrN3O2. The molecular weight excluding hydrogens is 358 g/mol. The van der Waals surface area contributed by atoms with Crippen molar-refractivity contribution in [2.24, 2.45) is 0 Å². The molecule has 1 aromatic heterocycles. The molecule has 5 nitrogen and oxygen atoms in total. The van der Waals surface area contributed by atoms with Gasteiger partial charge in [-0.3, -0.25) is 14.2 Å². The van der Waals surface area contributed by atoms with Gasteiger partial charge in [0.1, 0.15) is 12.4 Å². The van der Waals surface area contributed by atoms with Crippen LogP contribution in [0, 0.1) is 6.92 Å². The van der Waals surface area contributed by atoms with Crippen LogP contribution < -0.4 is 10.9 Å². The number of fused-ring (bicyclic) bond motifs is 1. The molecule has 2 aromatic rings. The summed E-state index contributed by atoms with van der Waals surface area (Å²) in [6.45, 7) is 1.76. The SMILES string of the molecule is Cc1nc2c(c(=O)n1CC(=O)Nc1cccc(Br)c1)CCCC2. The molecule has 1 N–H and O–H groups in total. The zero-order valence-corrected chi connectivity index (χ0v) is 14.5. The van der Waals surface area contributed by atoms with E-state index in [1.165, 1.54) is 4.57 Å². The number of benzene rings is 1. The van der Waals surface area contributed by atoms with Gasteiger partial charge >= 0.3 is 0 Å². The van der Waals surface area contributed by atoms with Crippen LogP contribution in [0.3, 0.4) is 0 Å². The van der Waals surface area contributed by atoms with Gasteiger partial charge in [-0.25, -0.2) is 4.98 Å². The first kappa shape index (κ1) is 15.9. The number of hydrogen-bond donors (Lipinski definition) is 1. The van der Waals surface area contributed by atoms with Crippen molar-refractivity contribution in [3.63, 3.8) is 0 Å². The standard InChI is InChI=1S/C17H18BrN3O2/c1-11-19-15-8-3-2-7-14(15)17(23)21(11)10-16(22)20-13-6-4-5-12(18)9-13/h4-6,9H,2-3,7-8,10H2,1H3,(H,20,22). The van der Waals surface area contributed by atoms with Crippen molar-refractivity contribution in [3.05, 3.63) is 56.2 Å². The Morgan fingerprint density at radius 3 is 2.91 bits per heavy atom. The molecule has 0 unspecified atom stereocenters. The number of aromatic nitrogens is 2. The Morgan fingerprint density at radius 1 is 1.35 bits per heavy atom. The number of anilines is 1. The first-order chi connectivity index (χ1) is 11.0. The number of amides is 1. The van der Waals surface area contributed by atoms with Crippen LogP contribution in [0.1, 0.15) is 29.9 Å². The minimum atomic E-state index is -0.231. The third kappa shape index (κ3) is 3.52. The van der Waals surface area contributed by atoms with Crippen molar-refractivity contribution in [3.8, 4) is 0 Å². The molecule has 6 heteroatoms. The summed E-state index contributed by atoms with van der Waals surface area (Å²) in [5.74, 6) is 0.367. The number of hydrogen-bond acceptors (Lipinski definition) is 3. The highest BCUT2D eigenvalue weighted by Crippen LogP contribution is 2.17. The minimum Gasteiger partial charge on any atom is -0.324 e. The second-order valence-electron chi connectivity index (χ2n) is 5.74. The summed E-state index contributed by atoms with van der Waals surface area (Å²) < 4.78 is 2.36. The minimum absolute atomic E-state index is 0.0164. The number of carbonyl (C=O) groups excluding carboxylic acids is 1. The van der Waals surface area contributed by atoms with E-state index in [1.807, 2.05) is 24.3 Å². The lowest BCUT2D eigenvalue weighted by atomic mass is 9.97. The maximum atomic E-state index is 12.6. The van der Waals surface area contributed by atoms with Crippen molar-refractivity contribution in [1.82, 2.24) is 9.55 Å². The van der Waals surface area contributed by atoms with Crippen molar-refractivity contribution in [1.29, 1.82) is 0 Å². The quantitative estimate of drug-likeness (QED) is 0.896. The fourth-order valence-corrected chi connectivity index (χ4v) is 3.30. The third-order valence-electron chi connectivity index (χ3n) is 4.04. The molecule has 1 amide bonds. The van der Waals surface area contributed by atoms with Gasteiger partial charge in [-0.15, -0.1) is 0 Å². The van der Waals surface area contributed by atoms with E-state index in [2.05, 4.69) is 26.2 Å². The Kier molecular flexibility index (Phi) is 4.61. The highest BCUT2D eigenvalue weighted by atomic mass is 79.9. The van der Waals surface area contributed by atoms with E-state index in [1.54, 1.807) is 6.92 Å². The molecule has 1 aromatic carbocycles. The molecule has 0 atom stereocenters. The average Bonchev–Trinajstić information content (AvgIpc) is 2.51. The number of nitrogens with one attached hydrogen (secondary N) is 1. The molecule has 0 aliphatic heterocycles. The average molecular weight is 376 g/mol. The van der Waals surface area contributed by atoms with Gasteiger partial charge in [0.25, 0.3) is 5.56 Å². The van der Waals surface area contributed by atoms with Gasteiger partial charge in [0.2, 0.25) is 5.91 Å². The van der Waals surface area contributed by atoms with Crippen LogP contribution in [0.4, 0.5) is 5.69 Å². The molecule has 120 valence electrons. The molecule has 0 bridgehead atoms. The fourth-order valence-electron chi connectivity index (χ4n) is 2.91. The Morgan fingerprint density at radius 2 is 2.13 bits per heavy atom.